The van der Waals surface area contributed by atoms with E-state index in [1.54, 1.807) is 0 Å². The van der Waals surface area contributed by atoms with Gasteiger partial charge in [0.1, 0.15) is 0 Å². The Balaban J connectivity index is 1.54. The molecule has 1 heterocycles. The molecule has 1 aliphatic heterocycles. The van der Waals surface area contributed by atoms with E-state index in [0.29, 0.717) is 24.6 Å². The summed E-state index contributed by atoms with van der Waals surface area (Å²) < 4.78 is 0. The van der Waals surface area contributed by atoms with Gasteiger partial charge in [0.2, 0.25) is 0 Å². The Bertz CT molecular complexity index is 845. The number of benzene rings is 2. The number of rotatable bonds is 6. The topological polar surface area (TPSA) is 74.0 Å². The summed E-state index contributed by atoms with van der Waals surface area (Å²) in [6.45, 7) is 6.56. The highest BCUT2D eigenvalue weighted by Crippen LogP contribution is 2.19. The first-order valence-electron chi connectivity index (χ1n) is 9.99. The van der Waals surface area contributed by atoms with Crippen LogP contribution in [-0.2, 0) is 6.54 Å². The predicted molar refractivity (Wildman–Crippen MR) is 120 cm³/mol. The fourth-order valence-electron chi connectivity index (χ4n) is 3.27. The molecule has 1 aliphatic rings. The summed E-state index contributed by atoms with van der Waals surface area (Å²) in [5.41, 5.74) is 9.02. The molecule has 7 heteroatoms. The van der Waals surface area contributed by atoms with Gasteiger partial charge in [0, 0.05) is 49.0 Å². The van der Waals surface area contributed by atoms with Gasteiger partial charge in [-0.05, 0) is 48.4 Å². The highest BCUT2D eigenvalue weighted by Gasteiger charge is 2.18. The van der Waals surface area contributed by atoms with Crippen molar-refractivity contribution in [3.63, 3.8) is 0 Å². The monoisotopic (exact) mass is 413 g/mol. The number of hydrogen-bond acceptors (Lipinski definition) is 3. The van der Waals surface area contributed by atoms with E-state index >= 15 is 0 Å². The lowest BCUT2D eigenvalue weighted by atomic mass is 10.1. The van der Waals surface area contributed by atoms with Crippen LogP contribution in [-0.4, -0.2) is 49.5 Å². The third-order valence-electron chi connectivity index (χ3n) is 4.94. The first-order chi connectivity index (χ1) is 14.1. The second-order valence-corrected chi connectivity index (χ2v) is 7.52. The molecule has 29 heavy (non-hydrogen) atoms. The zero-order valence-corrected chi connectivity index (χ0v) is 17.5. The van der Waals surface area contributed by atoms with Crippen LogP contribution in [0.1, 0.15) is 29.3 Å². The molecule has 3 N–H and O–H groups in total. The Kier molecular flexibility index (Phi) is 7.36. The third kappa shape index (κ3) is 5.87. The van der Waals surface area contributed by atoms with Crippen molar-refractivity contribution in [3.05, 3.63) is 64.7 Å². The third-order valence-corrected chi connectivity index (χ3v) is 5.20. The van der Waals surface area contributed by atoms with E-state index in [0.717, 1.165) is 43.2 Å². The van der Waals surface area contributed by atoms with Crippen molar-refractivity contribution >= 4 is 29.2 Å². The normalized spacial score (nSPS) is 14.8. The van der Waals surface area contributed by atoms with E-state index in [1.807, 2.05) is 55.5 Å². The van der Waals surface area contributed by atoms with Crippen LogP contribution >= 0.6 is 11.6 Å². The van der Waals surface area contributed by atoms with Gasteiger partial charge in [-0.15, -0.1) is 0 Å². The lowest BCUT2D eigenvalue weighted by molar-refractivity contribution is 0.0953. The van der Waals surface area contributed by atoms with Crippen molar-refractivity contribution in [1.82, 2.24) is 10.2 Å². The second-order valence-electron chi connectivity index (χ2n) is 7.08. The van der Waals surface area contributed by atoms with Crippen molar-refractivity contribution in [3.8, 4) is 0 Å². The summed E-state index contributed by atoms with van der Waals surface area (Å²) in [5, 5.41) is 3.64. The van der Waals surface area contributed by atoms with Gasteiger partial charge in [0.05, 0.1) is 6.54 Å². The van der Waals surface area contributed by atoms with Gasteiger partial charge in [-0.1, -0.05) is 30.7 Å². The number of nitrogens with zero attached hydrogens (tertiary/aromatic N) is 3. The first-order valence-corrected chi connectivity index (χ1v) is 10.4. The zero-order chi connectivity index (χ0) is 20.6. The Morgan fingerprint density at radius 2 is 1.86 bits per heavy atom. The largest absolute Gasteiger partial charge is 0.370 e. The number of carbonyl (C=O) groups excluding carboxylic acids is 1. The number of aliphatic imine (C=N–C) groups is 1. The Hall–Kier alpha value is -2.73. The van der Waals surface area contributed by atoms with Crippen molar-refractivity contribution in [2.45, 2.75) is 19.9 Å². The summed E-state index contributed by atoms with van der Waals surface area (Å²) in [4.78, 5) is 21.1. The maximum Gasteiger partial charge on any atom is 0.251 e. The molecule has 0 bridgehead atoms. The number of nitrogens with two attached hydrogens (primary N) is 1. The van der Waals surface area contributed by atoms with Crippen LogP contribution in [0.25, 0.3) is 0 Å². The van der Waals surface area contributed by atoms with Gasteiger partial charge in [-0.25, -0.2) is 4.99 Å². The van der Waals surface area contributed by atoms with Crippen LogP contribution < -0.4 is 16.0 Å². The molecule has 1 amide bonds. The van der Waals surface area contributed by atoms with Crippen LogP contribution in [0.4, 0.5) is 5.69 Å². The fourth-order valence-corrected chi connectivity index (χ4v) is 3.40. The van der Waals surface area contributed by atoms with E-state index < -0.39 is 0 Å². The minimum Gasteiger partial charge on any atom is -0.370 e. The predicted octanol–water partition coefficient (Wildman–Crippen LogP) is 3.12. The molecule has 0 saturated carbocycles. The first kappa shape index (κ1) is 21.0. The van der Waals surface area contributed by atoms with Crippen LogP contribution in [0.5, 0.6) is 0 Å². The van der Waals surface area contributed by atoms with Gasteiger partial charge in [-0.3, -0.25) is 4.79 Å². The Morgan fingerprint density at radius 1 is 1.14 bits per heavy atom. The second kappa shape index (κ2) is 10.2. The number of carbonyl (C=O) groups is 1. The molecule has 2 aromatic rings. The molecule has 2 aromatic carbocycles. The molecule has 0 spiro atoms. The molecule has 3 rings (SSSR count). The van der Waals surface area contributed by atoms with Crippen LogP contribution in [0.15, 0.2) is 53.5 Å². The molecule has 154 valence electrons. The lowest BCUT2D eigenvalue weighted by Gasteiger charge is -2.36. The van der Waals surface area contributed by atoms with Gasteiger partial charge < -0.3 is 20.9 Å². The lowest BCUT2D eigenvalue weighted by Crippen LogP contribution is -2.51. The number of nitrogens with one attached hydrogen (secondary N) is 1. The molecule has 0 unspecified atom stereocenters. The number of hydrogen-bond donors (Lipinski definition) is 2. The number of halogens is 1. The number of amides is 1. The van der Waals surface area contributed by atoms with E-state index in [1.165, 1.54) is 5.69 Å². The van der Waals surface area contributed by atoms with Crippen LogP contribution in [0, 0.1) is 0 Å². The number of anilines is 1. The van der Waals surface area contributed by atoms with Crippen molar-refractivity contribution < 1.29 is 4.79 Å². The highest BCUT2D eigenvalue weighted by molar-refractivity contribution is 6.30. The van der Waals surface area contributed by atoms with E-state index in [4.69, 9.17) is 17.3 Å². The summed E-state index contributed by atoms with van der Waals surface area (Å²) in [6, 6.07) is 15.4. The van der Waals surface area contributed by atoms with Gasteiger partial charge in [0.25, 0.3) is 5.91 Å². The standard InChI is InChI=1S/C22H28ClN5O/c1-2-10-25-21(29)18-5-3-4-17(15-18)16-26-22(24)28-13-11-27(12-14-28)20-8-6-19(23)7-9-20/h3-9,15H,2,10-14,16H2,1H3,(H2,24,26)(H,25,29). The Morgan fingerprint density at radius 3 is 2.55 bits per heavy atom. The Labute approximate surface area is 177 Å². The van der Waals surface area contributed by atoms with Crippen LogP contribution in [0.3, 0.4) is 0 Å². The quantitative estimate of drug-likeness (QED) is 0.563. The molecular formula is C22H28ClN5O. The number of guanidine groups is 1. The van der Waals surface area contributed by atoms with Gasteiger partial charge >= 0.3 is 0 Å². The summed E-state index contributed by atoms with van der Waals surface area (Å²) in [5.74, 6) is 0.491. The molecule has 0 atom stereocenters. The van der Waals surface area contributed by atoms with E-state index in [9.17, 15) is 4.79 Å². The molecule has 1 saturated heterocycles. The average Bonchev–Trinajstić information content (AvgIpc) is 2.76. The molecule has 6 nitrogen and oxygen atoms in total. The smallest absolute Gasteiger partial charge is 0.251 e. The summed E-state index contributed by atoms with van der Waals surface area (Å²) in [6.07, 6.45) is 0.914. The SMILES string of the molecule is CCCNC(=O)c1cccc(CN=C(N)N2CCN(c3ccc(Cl)cc3)CC2)c1. The molecular weight excluding hydrogens is 386 g/mol. The molecule has 0 radical (unpaired) electrons. The molecule has 0 aliphatic carbocycles. The summed E-state index contributed by atoms with van der Waals surface area (Å²) >= 11 is 5.97. The zero-order valence-electron chi connectivity index (χ0n) is 16.8. The van der Waals surface area contributed by atoms with Crippen molar-refractivity contribution in [2.75, 3.05) is 37.6 Å². The van der Waals surface area contributed by atoms with Crippen LogP contribution in [0.2, 0.25) is 5.02 Å². The fraction of sp³-hybridized carbons (Fsp3) is 0.364. The van der Waals surface area contributed by atoms with Crippen molar-refractivity contribution in [1.29, 1.82) is 0 Å². The van der Waals surface area contributed by atoms with Crippen molar-refractivity contribution in [2.24, 2.45) is 10.7 Å². The highest BCUT2D eigenvalue weighted by atomic mass is 35.5. The van der Waals surface area contributed by atoms with E-state index in [2.05, 4.69) is 20.1 Å². The van der Waals surface area contributed by atoms with Gasteiger partial charge in [0.15, 0.2) is 5.96 Å². The average molecular weight is 414 g/mol. The summed E-state index contributed by atoms with van der Waals surface area (Å²) in [7, 11) is 0. The van der Waals surface area contributed by atoms with E-state index in [-0.39, 0.29) is 5.91 Å². The molecule has 0 aromatic heterocycles. The molecule has 1 fully saturated rings. The maximum atomic E-state index is 12.1. The van der Waals surface area contributed by atoms with Gasteiger partial charge in [-0.2, -0.15) is 0 Å². The number of piperazine rings is 1. The minimum atomic E-state index is -0.0519. The maximum absolute atomic E-state index is 12.1. The minimum absolute atomic E-state index is 0.0519.